The molecule has 0 aliphatic rings. The fraction of sp³-hybridized carbons (Fsp3) is 0.158. The lowest BCUT2D eigenvalue weighted by Crippen LogP contribution is -2.16. The van der Waals surface area contributed by atoms with Crippen LogP contribution in [-0.2, 0) is 16.0 Å². The van der Waals surface area contributed by atoms with Gasteiger partial charge < -0.3 is 10.1 Å². The number of nitrogens with zero attached hydrogens (tertiary/aromatic N) is 3. The van der Waals surface area contributed by atoms with Gasteiger partial charge in [-0.3, -0.25) is 9.78 Å². The van der Waals surface area contributed by atoms with Crippen molar-refractivity contribution in [2.24, 2.45) is 0 Å². The molecule has 0 spiro atoms. The third-order valence-corrected chi connectivity index (χ3v) is 3.56. The molecule has 0 unspecified atom stereocenters. The number of carbonyl (C=O) groups excluding carboxylic acids is 1. The summed E-state index contributed by atoms with van der Waals surface area (Å²) >= 11 is 0. The van der Waals surface area contributed by atoms with E-state index >= 15 is 0 Å². The van der Waals surface area contributed by atoms with Crippen molar-refractivity contribution in [3.8, 4) is 0 Å². The molecular formula is C19H19FN4O2. The second-order valence-electron chi connectivity index (χ2n) is 5.45. The predicted octanol–water partition coefficient (Wildman–Crippen LogP) is 3.39. The van der Waals surface area contributed by atoms with Crippen LogP contribution in [-0.4, -0.2) is 28.0 Å². The van der Waals surface area contributed by atoms with Crippen molar-refractivity contribution in [1.82, 2.24) is 15.0 Å². The van der Waals surface area contributed by atoms with Crippen molar-refractivity contribution in [2.45, 2.75) is 13.3 Å². The molecule has 26 heavy (non-hydrogen) atoms. The maximum Gasteiger partial charge on any atom is 0.230 e. The Labute approximate surface area is 151 Å². The molecule has 0 aliphatic heterocycles. The maximum atomic E-state index is 13.2. The Morgan fingerprint density at radius 1 is 1.38 bits per heavy atom. The van der Waals surface area contributed by atoms with E-state index in [9.17, 15) is 9.18 Å². The van der Waals surface area contributed by atoms with Gasteiger partial charge in [-0.05, 0) is 30.2 Å². The quantitative estimate of drug-likeness (QED) is 0.609. The van der Waals surface area contributed by atoms with Crippen molar-refractivity contribution in [1.29, 1.82) is 0 Å². The summed E-state index contributed by atoms with van der Waals surface area (Å²) in [5.41, 5.74) is 2.45. The highest BCUT2D eigenvalue weighted by Crippen LogP contribution is 2.23. The number of aromatic nitrogens is 3. The molecule has 134 valence electrons. The lowest BCUT2D eigenvalue weighted by molar-refractivity contribution is -0.115. The normalized spacial score (nSPS) is 11.0. The minimum atomic E-state index is -0.672. The number of anilines is 1. The van der Waals surface area contributed by atoms with Crippen LogP contribution in [0.15, 0.2) is 61.7 Å². The number of hydrogen-bond acceptors (Lipinski definition) is 5. The fourth-order valence-electron chi connectivity index (χ4n) is 2.18. The monoisotopic (exact) mass is 354 g/mol. The predicted molar refractivity (Wildman–Crippen MR) is 97.7 cm³/mol. The summed E-state index contributed by atoms with van der Waals surface area (Å²) in [4.78, 5) is 24.4. The Morgan fingerprint density at radius 3 is 2.81 bits per heavy atom. The van der Waals surface area contributed by atoms with Gasteiger partial charge in [-0.1, -0.05) is 13.2 Å². The first-order valence-electron chi connectivity index (χ1n) is 7.72. The molecule has 1 amide bonds. The summed E-state index contributed by atoms with van der Waals surface area (Å²) in [5.74, 6) is -0.433. The Kier molecular flexibility index (Phi) is 6.32. The summed E-state index contributed by atoms with van der Waals surface area (Å²) in [6.45, 7) is 8.82. The molecule has 0 saturated heterocycles. The van der Waals surface area contributed by atoms with Crippen LogP contribution in [0.25, 0.3) is 5.57 Å². The number of methoxy groups -OCH3 is 1. The minimum Gasteiger partial charge on any atom is -0.497 e. The Bertz CT molecular complexity index is 877. The van der Waals surface area contributed by atoms with Gasteiger partial charge in [0.1, 0.15) is 23.7 Å². The summed E-state index contributed by atoms with van der Waals surface area (Å²) in [6.07, 6.45) is 5.89. The van der Waals surface area contributed by atoms with E-state index in [0.29, 0.717) is 11.3 Å². The maximum absolute atomic E-state index is 13.2. The molecule has 0 fully saturated rings. The first-order valence-corrected chi connectivity index (χ1v) is 7.72. The van der Waals surface area contributed by atoms with E-state index in [4.69, 9.17) is 4.74 Å². The highest BCUT2D eigenvalue weighted by atomic mass is 19.1. The second kappa shape index (κ2) is 8.66. The summed E-state index contributed by atoms with van der Waals surface area (Å²) in [7, 11) is 1.41. The molecular weight excluding hydrogens is 335 g/mol. The molecule has 2 aromatic heterocycles. The Morgan fingerprint density at radius 2 is 2.15 bits per heavy atom. The number of ether oxygens (including phenoxy) is 1. The van der Waals surface area contributed by atoms with E-state index in [0.717, 1.165) is 17.2 Å². The van der Waals surface area contributed by atoms with Crippen LogP contribution in [0.2, 0.25) is 0 Å². The van der Waals surface area contributed by atoms with Crippen LogP contribution in [0.1, 0.15) is 16.8 Å². The summed E-state index contributed by atoms with van der Waals surface area (Å²) in [5, 5.41) is 2.69. The van der Waals surface area contributed by atoms with Crippen LogP contribution >= 0.6 is 0 Å². The third kappa shape index (κ3) is 5.07. The number of carbonyl (C=O) groups is 1. The van der Waals surface area contributed by atoms with E-state index in [1.54, 1.807) is 12.4 Å². The molecule has 1 N–H and O–H groups in total. The topological polar surface area (TPSA) is 77.0 Å². The standard InChI is InChI=1S/C19H19FN4O2/c1-12-5-6-21-10-15(12)8-19(25)24-18-9-17(22-11-23-18)16(7-13(2)20)14(3)26-4/h5-7,9-11H,2-3,8H2,1,4H3,(H,22,23,24,25)/b16-7+. The van der Waals surface area contributed by atoms with Gasteiger partial charge in [-0.25, -0.2) is 14.4 Å². The molecule has 0 aliphatic carbocycles. The van der Waals surface area contributed by atoms with Gasteiger partial charge in [-0.2, -0.15) is 0 Å². The van der Waals surface area contributed by atoms with E-state index in [-0.39, 0.29) is 23.9 Å². The third-order valence-electron chi connectivity index (χ3n) is 3.56. The van der Waals surface area contributed by atoms with Crippen LogP contribution in [0, 0.1) is 6.92 Å². The van der Waals surface area contributed by atoms with Gasteiger partial charge >= 0.3 is 0 Å². The molecule has 0 atom stereocenters. The SMILES string of the molecule is C=C(F)/C=C(\C(=C)OC)c1cc(NC(=O)Cc2cnccc2C)ncn1. The van der Waals surface area contributed by atoms with Crippen molar-refractivity contribution in [3.63, 3.8) is 0 Å². The van der Waals surface area contributed by atoms with Crippen LogP contribution in [0.4, 0.5) is 10.2 Å². The van der Waals surface area contributed by atoms with Crippen molar-refractivity contribution in [2.75, 3.05) is 12.4 Å². The molecule has 2 heterocycles. The first kappa shape index (κ1) is 19.0. The number of hydrogen-bond donors (Lipinski definition) is 1. The number of halogens is 1. The fourth-order valence-corrected chi connectivity index (χ4v) is 2.18. The Balaban J connectivity index is 2.20. The smallest absolute Gasteiger partial charge is 0.230 e. The second-order valence-corrected chi connectivity index (χ2v) is 5.45. The van der Waals surface area contributed by atoms with E-state index in [2.05, 4.69) is 33.4 Å². The molecule has 6 nitrogen and oxygen atoms in total. The lowest BCUT2D eigenvalue weighted by atomic mass is 10.1. The van der Waals surface area contributed by atoms with Crippen molar-refractivity contribution >= 4 is 17.3 Å². The summed E-state index contributed by atoms with van der Waals surface area (Å²) in [6, 6.07) is 3.34. The molecule has 0 radical (unpaired) electrons. The molecule has 0 bridgehead atoms. The zero-order valence-electron chi connectivity index (χ0n) is 14.6. The van der Waals surface area contributed by atoms with Gasteiger partial charge in [-0.15, -0.1) is 0 Å². The van der Waals surface area contributed by atoms with E-state index in [1.807, 2.05) is 13.0 Å². The highest BCUT2D eigenvalue weighted by molar-refractivity contribution is 5.92. The van der Waals surface area contributed by atoms with Gasteiger partial charge in [0.2, 0.25) is 5.91 Å². The minimum absolute atomic E-state index is 0.160. The number of aryl methyl sites for hydroxylation is 1. The molecule has 0 aromatic carbocycles. The van der Waals surface area contributed by atoms with Gasteiger partial charge in [0.05, 0.1) is 19.2 Å². The van der Waals surface area contributed by atoms with E-state index < -0.39 is 5.83 Å². The van der Waals surface area contributed by atoms with Crippen molar-refractivity contribution < 1.29 is 13.9 Å². The van der Waals surface area contributed by atoms with Crippen molar-refractivity contribution in [3.05, 3.63) is 78.5 Å². The number of allylic oxidation sites excluding steroid dienone is 3. The number of rotatable bonds is 7. The largest absolute Gasteiger partial charge is 0.497 e. The van der Waals surface area contributed by atoms with Gasteiger partial charge in [0.25, 0.3) is 0 Å². The van der Waals surface area contributed by atoms with Gasteiger partial charge in [0, 0.05) is 24.0 Å². The van der Waals surface area contributed by atoms with Crippen LogP contribution in [0.5, 0.6) is 0 Å². The first-order chi connectivity index (χ1) is 12.4. The zero-order valence-corrected chi connectivity index (χ0v) is 14.6. The highest BCUT2D eigenvalue weighted by Gasteiger charge is 2.12. The number of pyridine rings is 1. The molecule has 2 rings (SSSR count). The molecule has 0 saturated carbocycles. The van der Waals surface area contributed by atoms with Crippen LogP contribution < -0.4 is 5.32 Å². The van der Waals surface area contributed by atoms with E-state index in [1.165, 1.54) is 19.5 Å². The van der Waals surface area contributed by atoms with Crippen LogP contribution in [0.3, 0.4) is 0 Å². The zero-order chi connectivity index (χ0) is 19.1. The summed E-state index contributed by atoms with van der Waals surface area (Å²) < 4.78 is 18.3. The molecule has 7 heteroatoms. The van der Waals surface area contributed by atoms with Gasteiger partial charge in [0.15, 0.2) is 0 Å². The Hall–Kier alpha value is -3.35. The average Bonchev–Trinajstić information content (AvgIpc) is 2.61. The number of nitrogens with one attached hydrogen (secondary N) is 1. The average molecular weight is 354 g/mol. The number of amides is 1. The lowest BCUT2D eigenvalue weighted by Gasteiger charge is -2.11. The molecule has 2 aromatic rings.